The molecule has 0 atom stereocenters. The molecule has 0 unspecified atom stereocenters. The minimum absolute atomic E-state index is 0.0555. The van der Waals surface area contributed by atoms with Crippen LogP contribution in [0.1, 0.15) is 47.1 Å². The van der Waals surface area contributed by atoms with E-state index in [2.05, 4.69) is 120 Å². The van der Waals surface area contributed by atoms with Crippen LogP contribution in [0.5, 0.6) is 0 Å². The monoisotopic (exact) mass is 411 g/mol. The maximum atomic E-state index is 2.53. The number of aromatic nitrogens is 1. The smallest absolute Gasteiger partial charge is 0.399 e. The van der Waals surface area contributed by atoms with Crippen molar-refractivity contribution in [3.63, 3.8) is 0 Å². The maximum absolute atomic E-state index is 2.53. The van der Waals surface area contributed by atoms with Gasteiger partial charge in [-0.25, -0.2) is 4.57 Å². The van der Waals surface area contributed by atoms with E-state index in [0.717, 1.165) is 6.42 Å². The largest absolute Gasteiger partial charge is 0.407 e. The SMILES string of the molecule is CC1=c2ccccc2=C(C(C)(C)C)N(C)B1c1cc(CC(C)C)c2ccccc2[n+]1C. The van der Waals surface area contributed by atoms with E-state index in [4.69, 9.17) is 0 Å². The van der Waals surface area contributed by atoms with Crippen molar-refractivity contribution < 1.29 is 4.57 Å². The fraction of sp³-hybridized carbons (Fsp3) is 0.393. The van der Waals surface area contributed by atoms with Crippen molar-refractivity contribution in [1.29, 1.82) is 0 Å². The molecule has 4 rings (SSSR count). The Morgan fingerprint density at radius 3 is 2.23 bits per heavy atom. The van der Waals surface area contributed by atoms with Gasteiger partial charge in [0.25, 0.3) is 0 Å². The molecule has 0 amide bonds. The number of pyridine rings is 1. The van der Waals surface area contributed by atoms with Crippen molar-refractivity contribution in [3.8, 4) is 0 Å². The first-order valence-electron chi connectivity index (χ1n) is 11.5. The van der Waals surface area contributed by atoms with E-state index in [0.29, 0.717) is 5.92 Å². The summed E-state index contributed by atoms with van der Waals surface area (Å²) in [5, 5.41) is 4.13. The standard InChI is InChI=1S/C28H36BN2/c1-19(2)17-21-18-26(30(7)25-16-12-11-14-23(21)25)29-20(3)22-13-9-10-15-24(22)27(31(29)8)28(4,5)6/h9-16,18-19H,17H2,1-8H3/q+1. The summed E-state index contributed by atoms with van der Waals surface area (Å²) in [6.45, 7) is 14.1. The highest BCUT2D eigenvalue weighted by molar-refractivity contribution is 6.86. The number of hydrogen-bond acceptors (Lipinski definition) is 1. The highest BCUT2D eigenvalue weighted by atomic mass is 15.1. The Hall–Kier alpha value is -2.55. The molecule has 0 spiro atoms. The van der Waals surface area contributed by atoms with Crippen LogP contribution in [-0.2, 0) is 13.5 Å². The summed E-state index contributed by atoms with van der Waals surface area (Å²) in [6, 6.07) is 20.3. The van der Waals surface area contributed by atoms with Gasteiger partial charge in [0.15, 0.2) is 5.59 Å². The molecule has 0 saturated carbocycles. The summed E-state index contributed by atoms with van der Waals surface area (Å²) < 4.78 is 2.41. The topological polar surface area (TPSA) is 7.12 Å². The van der Waals surface area contributed by atoms with Gasteiger partial charge in [-0.1, -0.05) is 76.5 Å². The number of fused-ring (bicyclic) bond motifs is 2. The van der Waals surface area contributed by atoms with Crippen molar-refractivity contribution >= 4 is 34.5 Å². The molecule has 0 saturated heterocycles. The normalized spacial score (nSPS) is 14.6. The Morgan fingerprint density at radius 2 is 1.58 bits per heavy atom. The van der Waals surface area contributed by atoms with Crippen LogP contribution in [0.25, 0.3) is 22.1 Å². The average Bonchev–Trinajstić information content (AvgIpc) is 2.70. The molecule has 2 aromatic carbocycles. The lowest BCUT2D eigenvalue weighted by molar-refractivity contribution is -0.627. The number of aryl methyl sites for hydroxylation is 1. The van der Waals surface area contributed by atoms with E-state index in [1.165, 1.54) is 43.7 Å². The van der Waals surface area contributed by atoms with Crippen LogP contribution < -0.4 is 20.6 Å². The molecular formula is C28H36BN2+. The molecule has 1 aromatic heterocycles. The Kier molecular flexibility index (Phi) is 5.49. The van der Waals surface area contributed by atoms with Crippen LogP contribution in [-0.4, -0.2) is 18.7 Å². The van der Waals surface area contributed by atoms with Gasteiger partial charge >= 0.3 is 6.85 Å². The molecule has 2 nitrogen and oxygen atoms in total. The Labute approximate surface area is 188 Å². The molecule has 0 N–H and O–H groups in total. The molecule has 0 aliphatic carbocycles. The number of rotatable bonds is 3. The van der Waals surface area contributed by atoms with Gasteiger partial charge in [-0.2, -0.15) is 0 Å². The fourth-order valence-electron chi connectivity index (χ4n) is 5.54. The average molecular weight is 411 g/mol. The predicted molar refractivity (Wildman–Crippen MR) is 134 cm³/mol. The van der Waals surface area contributed by atoms with E-state index in [9.17, 15) is 0 Å². The molecule has 0 fully saturated rings. The summed E-state index contributed by atoms with van der Waals surface area (Å²) in [5.41, 5.74) is 7.03. The summed E-state index contributed by atoms with van der Waals surface area (Å²) in [7, 11) is 4.51. The number of benzene rings is 2. The third kappa shape index (κ3) is 3.69. The van der Waals surface area contributed by atoms with Gasteiger partial charge < -0.3 is 4.81 Å². The van der Waals surface area contributed by atoms with E-state index in [1.807, 2.05) is 0 Å². The zero-order valence-electron chi connectivity index (χ0n) is 20.5. The lowest BCUT2D eigenvalue weighted by Gasteiger charge is -2.39. The molecule has 31 heavy (non-hydrogen) atoms. The Morgan fingerprint density at radius 1 is 0.968 bits per heavy atom. The van der Waals surface area contributed by atoms with Crippen molar-refractivity contribution in [2.75, 3.05) is 7.05 Å². The highest BCUT2D eigenvalue weighted by Gasteiger charge is 2.40. The Balaban J connectivity index is 2.05. The van der Waals surface area contributed by atoms with Crippen molar-refractivity contribution in [3.05, 3.63) is 70.6 Å². The zero-order valence-corrected chi connectivity index (χ0v) is 20.5. The lowest BCUT2D eigenvalue weighted by Crippen LogP contribution is -2.65. The highest BCUT2D eigenvalue weighted by Crippen LogP contribution is 2.31. The summed E-state index contributed by atoms with van der Waals surface area (Å²) >= 11 is 0. The maximum Gasteiger partial charge on any atom is 0.399 e. The molecule has 3 heteroatoms. The van der Waals surface area contributed by atoms with Gasteiger partial charge in [0.2, 0.25) is 5.52 Å². The van der Waals surface area contributed by atoms with E-state index < -0.39 is 0 Å². The first-order chi connectivity index (χ1) is 14.6. The third-order valence-corrected chi connectivity index (χ3v) is 6.70. The van der Waals surface area contributed by atoms with Gasteiger partial charge in [0.05, 0.1) is 0 Å². The quantitative estimate of drug-likeness (QED) is 0.472. The molecule has 1 aliphatic rings. The van der Waals surface area contributed by atoms with Crippen LogP contribution >= 0.6 is 0 Å². The van der Waals surface area contributed by atoms with E-state index in [1.54, 1.807) is 0 Å². The second-order valence-electron chi connectivity index (χ2n) is 10.6. The van der Waals surface area contributed by atoms with Gasteiger partial charge in [0, 0.05) is 28.6 Å². The van der Waals surface area contributed by atoms with Crippen LogP contribution in [0, 0.1) is 11.3 Å². The predicted octanol–water partition coefficient (Wildman–Crippen LogP) is 3.57. The van der Waals surface area contributed by atoms with Crippen LogP contribution in [0.3, 0.4) is 0 Å². The van der Waals surface area contributed by atoms with E-state index >= 15 is 0 Å². The van der Waals surface area contributed by atoms with Crippen LogP contribution in [0.4, 0.5) is 0 Å². The molecular weight excluding hydrogens is 375 g/mol. The minimum atomic E-state index is 0.0555. The first-order valence-corrected chi connectivity index (χ1v) is 11.5. The number of hydrogen-bond donors (Lipinski definition) is 0. The van der Waals surface area contributed by atoms with Crippen molar-refractivity contribution in [2.45, 2.75) is 48.0 Å². The second-order valence-corrected chi connectivity index (χ2v) is 10.6. The first kappa shape index (κ1) is 21.7. The molecule has 0 radical (unpaired) electrons. The van der Waals surface area contributed by atoms with Crippen molar-refractivity contribution in [2.24, 2.45) is 18.4 Å². The van der Waals surface area contributed by atoms with Crippen LogP contribution in [0.2, 0.25) is 0 Å². The molecule has 3 aromatic rings. The minimum Gasteiger partial charge on any atom is -0.407 e. The summed E-state index contributed by atoms with van der Waals surface area (Å²) in [5.74, 6) is 0.621. The van der Waals surface area contributed by atoms with E-state index in [-0.39, 0.29) is 12.3 Å². The lowest BCUT2D eigenvalue weighted by atomic mass is 9.48. The summed E-state index contributed by atoms with van der Waals surface area (Å²) in [6.07, 6.45) is 1.09. The fourth-order valence-corrected chi connectivity index (χ4v) is 5.54. The Bertz CT molecular complexity index is 1260. The molecule has 0 bridgehead atoms. The molecule has 2 heterocycles. The third-order valence-electron chi connectivity index (χ3n) is 6.70. The van der Waals surface area contributed by atoms with Crippen LogP contribution in [0.15, 0.2) is 54.6 Å². The molecule has 1 aliphatic heterocycles. The van der Waals surface area contributed by atoms with Gasteiger partial charge in [-0.15, -0.1) is 0 Å². The summed E-state index contributed by atoms with van der Waals surface area (Å²) in [4.78, 5) is 2.53. The second kappa shape index (κ2) is 7.86. The number of nitrogens with zero attached hydrogens (tertiary/aromatic N) is 2. The van der Waals surface area contributed by atoms with Crippen molar-refractivity contribution in [1.82, 2.24) is 4.81 Å². The van der Waals surface area contributed by atoms with Gasteiger partial charge in [-0.05, 0) is 48.4 Å². The van der Waals surface area contributed by atoms with Gasteiger partial charge in [0.1, 0.15) is 7.05 Å². The number of para-hydroxylation sites is 1. The molecule has 160 valence electrons. The zero-order chi connectivity index (χ0) is 22.5. The van der Waals surface area contributed by atoms with Gasteiger partial charge in [-0.3, -0.25) is 0 Å².